The fourth-order valence-corrected chi connectivity index (χ4v) is 3.03. The maximum Gasteiger partial charge on any atom is 0.163 e. The Bertz CT molecular complexity index is 421. The van der Waals surface area contributed by atoms with E-state index in [1.165, 1.54) is 0 Å². The van der Waals surface area contributed by atoms with Crippen LogP contribution in [0.15, 0.2) is 0 Å². The normalized spacial score (nSPS) is 27.3. The van der Waals surface area contributed by atoms with Crippen molar-refractivity contribution in [2.24, 2.45) is 5.92 Å². The first kappa shape index (κ1) is 26.4. The van der Waals surface area contributed by atoms with E-state index in [0.717, 1.165) is 12.8 Å². The lowest BCUT2D eigenvalue weighted by atomic mass is 9.89. The van der Waals surface area contributed by atoms with E-state index in [1.54, 1.807) is 0 Å². The molecule has 0 saturated carbocycles. The van der Waals surface area contributed by atoms with Gasteiger partial charge in [-0.15, -0.1) is 0 Å². The molecule has 0 aromatic heterocycles. The van der Waals surface area contributed by atoms with Gasteiger partial charge in [-0.05, 0) is 12.8 Å². The summed E-state index contributed by atoms with van der Waals surface area (Å²) >= 11 is 0. The van der Waals surface area contributed by atoms with Crippen LogP contribution in [0.25, 0.3) is 0 Å². The average molecular weight is 423 g/mol. The molecule has 9 nitrogen and oxygen atoms in total. The number of hydrogen-bond acceptors (Lipinski definition) is 9. The van der Waals surface area contributed by atoms with Crippen molar-refractivity contribution in [3.63, 3.8) is 0 Å². The van der Waals surface area contributed by atoms with E-state index in [2.05, 4.69) is 0 Å². The van der Waals surface area contributed by atoms with Crippen LogP contribution in [0.3, 0.4) is 0 Å². The maximum absolute atomic E-state index is 11.4. The Morgan fingerprint density at radius 3 is 2.14 bits per heavy atom. The standard InChI is InChI=1S/C20H38O9/c1-3-5-6-15(22)14-27-10-9-25-7-8-26-11-12-28-20-16(4-2)18(23)19(24)17(13-21)29-20/h16-21,23-24H,3-14H2,1-2H3/t16-,17-,18-,19+,20-/m1/s1. The van der Waals surface area contributed by atoms with E-state index in [0.29, 0.717) is 45.9 Å². The van der Waals surface area contributed by atoms with Gasteiger partial charge in [-0.2, -0.15) is 0 Å². The molecule has 1 rings (SSSR count). The number of unbranched alkanes of at least 4 members (excludes halogenated alkanes) is 1. The second-order valence-electron chi connectivity index (χ2n) is 7.07. The largest absolute Gasteiger partial charge is 0.394 e. The molecule has 0 unspecified atom stereocenters. The number of carbonyl (C=O) groups excluding carboxylic acids is 1. The summed E-state index contributed by atoms with van der Waals surface area (Å²) in [6.07, 6.45) is -0.660. The van der Waals surface area contributed by atoms with E-state index in [4.69, 9.17) is 23.7 Å². The third-order valence-corrected chi connectivity index (χ3v) is 4.81. The molecule has 9 heteroatoms. The van der Waals surface area contributed by atoms with Crippen LogP contribution >= 0.6 is 0 Å². The Labute approximate surface area is 173 Å². The first-order valence-corrected chi connectivity index (χ1v) is 10.5. The third-order valence-electron chi connectivity index (χ3n) is 4.81. The number of aliphatic hydroxyl groups is 3. The smallest absolute Gasteiger partial charge is 0.163 e. The molecule has 29 heavy (non-hydrogen) atoms. The lowest BCUT2D eigenvalue weighted by molar-refractivity contribution is -0.287. The number of carbonyl (C=O) groups is 1. The highest BCUT2D eigenvalue weighted by Crippen LogP contribution is 2.29. The predicted octanol–water partition coefficient (Wildman–Crippen LogP) is 0.277. The summed E-state index contributed by atoms with van der Waals surface area (Å²) in [5.41, 5.74) is 0. The van der Waals surface area contributed by atoms with Crippen LogP contribution in [0.5, 0.6) is 0 Å². The molecule has 1 aliphatic rings. The van der Waals surface area contributed by atoms with E-state index in [9.17, 15) is 20.1 Å². The van der Waals surface area contributed by atoms with Gasteiger partial charge in [-0.3, -0.25) is 4.79 Å². The number of ketones is 1. The minimum Gasteiger partial charge on any atom is -0.394 e. The highest BCUT2D eigenvalue weighted by atomic mass is 16.7. The minimum atomic E-state index is -1.13. The number of aliphatic hydroxyl groups excluding tert-OH is 3. The van der Waals surface area contributed by atoms with Gasteiger partial charge in [0.15, 0.2) is 12.1 Å². The van der Waals surface area contributed by atoms with E-state index in [-0.39, 0.29) is 31.5 Å². The van der Waals surface area contributed by atoms with Crippen molar-refractivity contribution in [2.75, 3.05) is 52.9 Å². The van der Waals surface area contributed by atoms with E-state index in [1.807, 2.05) is 13.8 Å². The van der Waals surface area contributed by atoms with Gasteiger partial charge in [0, 0.05) is 12.3 Å². The quantitative estimate of drug-likeness (QED) is 0.283. The molecule has 5 atom stereocenters. The third kappa shape index (κ3) is 10.3. The zero-order valence-electron chi connectivity index (χ0n) is 17.7. The molecule has 0 aromatic carbocycles. The first-order valence-electron chi connectivity index (χ1n) is 10.5. The fourth-order valence-electron chi connectivity index (χ4n) is 3.03. The summed E-state index contributed by atoms with van der Waals surface area (Å²) in [7, 11) is 0. The summed E-state index contributed by atoms with van der Waals surface area (Å²) in [4.78, 5) is 11.4. The Balaban J connectivity index is 2.01. The molecule has 0 bridgehead atoms. The van der Waals surface area contributed by atoms with E-state index < -0.39 is 24.6 Å². The lowest BCUT2D eigenvalue weighted by Crippen LogP contribution is -2.56. The second kappa shape index (κ2) is 16.1. The average Bonchev–Trinajstić information content (AvgIpc) is 2.72. The number of rotatable bonds is 17. The molecule has 1 heterocycles. The molecule has 0 aliphatic carbocycles. The molecule has 1 aliphatic heterocycles. The predicted molar refractivity (Wildman–Crippen MR) is 104 cm³/mol. The van der Waals surface area contributed by atoms with Crippen molar-refractivity contribution in [3.8, 4) is 0 Å². The summed E-state index contributed by atoms with van der Waals surface area (Å²) in [5, 5.41) is 29.3. The summed E-state index contributed by atoms with van der Waals surface area (Å²) in [6.45, 7) is 5.82. The van der Waals surface area contributed by atoms with Crippen molar-refractivity contribution in [1.29, 1.82) is 0 Å². The van der Waals surface area contributed by atoms with Crippen molar-refractivity contribution >= 4 is 5.78 Å². The van der Waals surface area contributed by atoms with Crippen molar-refractivity contribution in [2.45, 2.75) is 64.1 Å². The second-order valence-corrected chi connectivity index (χ2v) is 7.07. The molecule has 0 radical (unpaired) electrons. The molecule has 3 N–H and O–H groups in total. The van der Waals surface area contributed by atoms with Crippen LogP contribution < -0.4 is 0 Å². The zero-order chi connectivity index (χ0) is 21.5. The molecular formula is C20H38O9. The van der Waals surface area contributed by atoms with Gasteiger partial charge in [-0.1, -0.05) is 20.3 Å². The Morgan fingerprint density at radius 1 is 0.931 bits per heavy atom. The van der Waals surface area contributed by atoms with Gasteiger partial charge >= 0.3 is 0 Å². The summed E-state index contributed by atoms with van der Waals surface area (Å²) < 4.78 is 27.2. The Kier molecular flexibility index (Phi) is 14.6. The summed E-state index contributed by atoms with van der Waals surface area (Å²) in [5.74, 6) is -0.250. The van der Waals surface area contributed by atoms with Crippen LogP contribution in [-0.4, -0.2) is 98.6 Å². The molecule has 1 fully saturated rings. The fraction of sp³-hybridized carbons (Fsp3) is 0.950. The highest BCUT2D eigenvalue weighted by molar-refractivity contribution is 5.79. The monoisotopic (exact) mass is 422 g/mol. The molecule has 1 saturated heterocycles. The number of Topliss-reactive ketones (excluding diaryl/α,β-unsaturated/α-hetero) is 1. The van der Waals surface area contributed by atoms with Crippen LogP contribution in [0.2, 0.25) is 0 Å². The van der Waals surface area contributed by atoms with Gasteiger partial charge < -0.3 is 39.0 Å². The Hall–Kier alpha value is -0.650. The molecule has 0 amide bonds. The van der Waals surface area contributed by atoms with Crippen LogP contribution in [0.4, 0.5) is 0 Å². The van der Waals surface area contributed by atoms with Crippen LogP contribution in [-0.2, 0) is 28.5 Å². The van der Waals surface area contributed by atoms with Gasteiger partial charge in [0.2, 0.25) is 0 Å². The molecule has 0 aromatic rings. The van der Waals surface area contributed by atoms with Gasteiger partial charge in [-0.25, -0.2) is 0 Å². The van der Waals surface area contributed by atoms with Crippen LogP contribution in [0.1, 0.15) is 39.5 Å². The first-order chi connectivity index (χ1) is 14.0. The van der Waals surface area contributed by atoms with Crippen molar-refractivity contribution < 1.29 is 43.8 Å². The van der Waals surface area contributed by atoms with Gasteiger partial charge in [0.05, 0.1) is 52.4 Å². The molecule has 172 valence electrons. The molecule has 0 spiro atoms. The highest BCUT2D eigenvalue weighted by Gasteiger charge is 2.43. The molecular weight excluding hydrogens is 384 g/mol. The number of ether oxygens (including phenoxy) is 5. The zero-order valence-corrected chi connectivity index (χ0v) is 17.7. The van der Waals surface area contributed by atoms with Gasteiger partial charge in [0.1, 0.15) is 18.8 Å². The van der Waals surface area contributed by atoms with Crippen LogP contribution in [0, 0.1) is 5.92 Å². The van der Waals surface area contributed by atoms with Crippen molar-refractivity contribution in [1.82, 2.24) is 0 Å². The maximum atomic E-state index is 11.4. The lowest BCUT2D eigenvalue weighted by Gasteiger charge is -2.41. The topological polar surface area (TPSA) is 124 Å². The summed E-state index contributed by atoms with van der Waals surface area (Å²) in [6, 6.07) is 0. The minimum absolute atomic E-state index is 0.120. The Morgan fingerprint density at radius 2 is 1.55 bits per heavy atom. The number of hydrogen-bond donors (Lipinski definition) is 3. The van der Waals surface area contributed by atoms with Gasteiger partial charge in [0.25, 0.3) is 0 Å². The van der Waals surface area contributed by atoms with Crippen molar-refractivity contribution in [3.05, 3.63) is 0 Å². The SMILES string of the molecule is CCCCC(=O)COCCOCCOCCO[C@@H]1O[C@H](CO)[C@H](O)[C@H](O)[C@H]1CC. The van der Waals surface area contributed by atoms with E-state index >= 15 is 0 Å².